The van der Waals surface area contributed by atoms with Crippen LogP contribution in [0.1, 0.15) is 37.4 Å². The molecule has 0 radical (unpaired) electrons. The van der Waals surface area contributed by atoms with E-state index in [0.717, 1.165) is 16.0 Å². The molecule has 3 aliphatic heterocycles. The number of hydrogen-bond donors (Lipinski definition) is 0. The van der Waals surface area contributed by atoms with E-state index in [4.69, 9.17) is 23.2 Å². The maximum atomic E-state index is 13.7. The smallest absolute Gasteiger partial charge is 0.259 e. The standard InChI is InChI=1S/C23H21Cl2N3O3/c1-12-7-9-13(10-8-12)18-17-20(27-16(29)11-23(2,3)28(18)27)22(31)26(21(17)30)19-14(24)5-4-6-15(19)25/h4-10,17-18,20H,11H2,1-3H3/t17-,18-,20+/m0/s1. The Kier molecular flexibility index (Phi) is 4.49. The van der Waals surface area contributed by atoms with Crippen molar-refractivity contribution in [2.45, 2.75) is 44.8 Å². The van der Waals surface area contributed by atoms with Crippen LogP contribution < -0.4 is 4.90 Å². The Bertz CT molecular complexity index is 1110. The summed E-state index contributed by atoms with van der Waals surface area (Å²) < 4.78 is 0. The lowest BCUT2D eigenvalue weighted by Gasteiger charge is -2.38. The molecule has 0 aromatic heterocycles. The zero-order valence-corrected chi connectivity index (χ0v) is 18.8. The van der Waals surface area contributed by atoms with Crippen LogP contribution in [0.25, 0.3) is 0 Å². The molecule has 0 unspecified atom stereocenters. The predicted octanol–water partition coefficient (Wildman–Crippen LogP) is 4.14. The van der Waals surface area contributed by atoms with Gasteiger partial charge in [0.15, 0.2) is 0 Å². The van der Waals surface area contributed by atoms with Crippen LogP contribution in [0.2, 0.25) is 10.0 Å². The van der Waals surface area contributed by atoms with Gasteiger partial charge in [-0.2, -0.15) is 0 Å². The van der Waals surface area contributed by atoms with Gasteiger partial charge >= 0.3 is 0 Å². The highest BCUT2D eigenvalue weighted by atomic mass is 35.5. The van der Waals surface area contributed by atoms with E-state index < -0.39 is 35.4 Å². The molecule has 6 nitrogen and oxygen atoms in total. The normalized spacial score (nSPS) is 27.3. The number of carbonyl (C=O) groups excluding carboxylic acids is 3. The SMILES string of the molecule is Cc1ccc([C@H]2[C@@H]3C(=O)N(c4c(Cl)cccc4Cl)C(=O)[C@@H]3N3C(=O)CC(C)(C)N23)cc1. The van der Waals surface area contributed by atoms with Crippen molar-refractivity contribution in [1.82, 2.24) is 10.0 Å². The van der Waals surface area contributed by atoms with E-state index in [1.165, 1.54) is 5.01 Å². The minimum atomic E-state index is -0.916. The summed E-state index contributed by atoms with van der Waals surface area (Å²) in [4.78, 5) is 41.4. The maximum absolute atomic E-state index is 13.7. The number of fused-ring (bicyclic) bond motifs is 3. The van der Waals surface area contributed by atoms with E-state index >= 15 is 0 Å². The molecule has 3 amide bonds. The molecule has 160 valence electrons. The van der Waals surface area contributed by atoms with Crippen molar-refractivity contribution in [3.8, 4) is 0 Å². The highest BCUT2D eigenvalue weighted by Gasteiger charge is 2.68. The summed E-state index contributed by atoms with van der Waals surface area (Å²) in [6.07, 6.45) is 0.271. The van der Waals surface area contributed by atoms with Gasteiger partial charge in [-0.05, 0) is 38.5 Å². The van der Waals surface area contributed by atoms with E-state index in [9.17, 15) is 14.4 Å². The van der Waals surface area contributed by atoms with Gasteiger partial charge in [-0.15, -0.1) is 0 Å². The molecule has 3 atom stereocenters. The third kappa shape index (κ3) is 2.78. The highest BCUT2D eigenvalue weighted by molar-refractivity contribution is 6.42. The van der Waals surface area contributed by atoms with Crippen LogP contribution >= 0.6 is 23.2 Å². The summed E-state index contributed by atoms with van der Waals surface area (Å²) in [6, 6.07) is 11.3. The lowest BCUT2D eigenvalue weighted by atomic mass is 9.86. The molecule has 5 rings (SSSR count). The summed E-state index contributed by atoms with van der Waals surface area (Å²) >= 11 is 12.7. The summed E-state index contributed by atoms with van der Waals surface area (Å²) in [5, 5.41) is 3.86. The lowest BCUT2D eigenvalue weighted by Crippen LogP contribution is -2.50. The quantitative estimate of drug-likeness (QED) is 0.635. The van der Waals surface area contributed by atoms with Gasteiger partial charge in [0.25, 0.3) is 5.91 Å². The molecule has 3 fully saturated rings. The third-order valence-electron chi connectivity index (χ3n) is 6.46. The van der Waals surface area contributed by atoms with Gasteiger partial charge in [-0.1, -0.05) is 59.1 Å². The van der Waals surface area contributed by atoms with Gasteiger partial charge in [0.1, 0.15) is 6.04 Å². The van der Waals surface area contributed by atoms with Crippen molar-refractivity contribution < 1.29 is 14.4 Å². The molecule has 3 aliphatic rings. The fourth-order valence-electron chi connectivity index (χ4n) is 5.17. The first-order valence-electron chi connectivity index (χ1n) is 10.1. The number of para-hydroxylation sites is 1. The van der Waals surface area contributed by atoms with E-state index in [1.54, 1.807) is 18.2 Å². The second-order valence-corrected chi connectivity index (χ2v) is 9.79. The minimum Gasteiger partial charge on any atom is -0.274 e. The Morgan fingerprint density at radius 1 is 0.903 bits per heavy atom. The fourth-order valence-corrected chi connectivity index (χ4v) is 5.74. The summed E-state index contributed by atoms with van der Waals surface area (Å²) in [7, 11) is 0. The zero-order chi connectivity index (χ0) is 22.2. The third-order valence-corrected chi connectivity index (χ3v) is 7.07. The number of benzene rings is 2. The molecule has 3 heterocycles. The molecule has 0 N–H and O–H groups in total. The number of hydrogen-bond acceptors (Lipinski definition) is 4. The number of rotatable bonds is 2. The molecule has 31 heavy (non-hydrogen) atoms. The topological polar surface area (TPSA) is 60.9 Å². The molecular weight excluding hydrogens is 437 g/mol. The van der Waals surface area contributed by atoms with Crippen LogP contribution in [0.4, 0.5) is 5.69 Å². The van der Waals surface area contributed by atoms with Crippen molar-refractivity contribution in [2.24, 2.45) is 5.92 Å². The summed E-state index contributed by atoms with van der Waals surface area (Å²) in [6.45, 7) is 5.91. The Hall–Kier alpha value is -2.41. The molecule has 0 aliphatic carbocycles. The first-order valence-corrected chi connectivity index (χ1v) is 10.9. The summed E-state index contributed by atoms with van der Waals surface area (Å²) in [5.41, 5.74) is 1.63. The van der Waals surface area contributed by atoms with Crippen LogP contribution in [-0.4, -0.2) is 39.3 Å². The van der Waals surface area contributed by atoms with E-state index in [2.05, 4.69) is 0 Å². The summed E-state index contributed by atoms with van der Waals surface area (Å²) in [5.74, 6) is -1.78. The number of anilines is 1. The second-order valence-electron chi connectivity index (χ2n) is 8.98. The monoisotopic (exact) mass is 457 g/mol. The van der Waals surface area contributed by atoms with Crippen LogP contribution in [0, 0.1) is 12.8 Å². The van der Waals surface area contributed by atoms with Crippen LogP contribution in [0.3, 0.4) is 0 Å². The highest BCUT2D eigenvalue weighted by Crippen LogP contribution is 2.54. The number of hydrazine groups is 1. The van der Waals surface area contributed by atoms with Gasteiger partial charge in [0.2, 0.25) is 11.8 Å². The van der Waals surface area contributed by atoms with Gasteiger partial charge < -0.3 is 0 Å². The largest absolute Gasteiger partial charge is 0.274 e. The molecule has 3 saturated heterocycles. The number of imide groups is 1. The van der Waals surface area contributed by atoms with Gasteiger partial charge in [-0.25, -0.2) is 9.91 Å². The van der Waals surface area contributed by atoms with Crippen LogP contribution in [0.5, 0.6) is 0 Å². The zero-order valence-electron chi connectivity index (χ0n) is 17.3. The molecular formula is C23H21Cl2N3O3. The Morgan fingerprint density at radius 3 is 2.13 bits per heavy atom. The molecule has 8 heteroatoms. The first kappa shape index (κ1) is 20.5. The molecule has 0 spiro atoms. The number of halogens is 2. The van der Waals surface area contributed by atoms with Crippen molar-refractivity contribution >= 4 is 46.6 Å². The van der Waals surface area contributed by atoms with Crippen molar-refractivity contribution in [3.05, 3.63) is 63.6 Å². The maximum Gasteiger partial charge on any atom is 0.259 e. The van der Waals surface area contributed by atoms with Gasteiger partial charge in [0, 0.05) is 12.0 Å². The number of nitrogens with zero attached hydrogens (tertiary/aromatic N) is 3. The van der Waals surface area contributed by atoms with Crippen molar-refractivity contribution in [3.63, 3.8) is 0 Å². The average Bonchev–Trinajstić information content (AvgIpc) is 3.26. The Morgan fingerprint density at radius 2 is 1.52 bits per heavy atom. The van der Waals surface area contributed by atoms with Crippen LogP contribution in [0.15, 0.2) is 42.5 Å². The van der Waals surface area contributed by atoms with Crippen LogP contribution in [-0.2, 0) is 14.4 Å². The number of aryl methyl sites for hydroxylation is 1. The van der Waals surface area contributed by atoms with Crippen molar-refractivity contribution in [1.29, 1.82) is 0 Å². The van der Waals surface area contributed by atoms with E-state index in [1.807, 2.05) is 50.0 Å². The van der Waals surface area contributed by atoms with Gasteiger partial charge in [-0.3, -0.25) is 19.4 Å². The average molecular weight is 458 g/mol. The second kappa shape index (κ2) is 6.79. The molecule has 0 saturated carbocycles. The Balaban J connectivity index is 1.68. The molecule has 2 aromatic rings. The minimum absolute atomic E-state index is 0.164. The Labute approximate surface area is 190 Å². The molecule has 2 aromatic carbocycles. The van der Waals surface area contributed by atoms with Crippen molar-refractivity contribution in [2.75, 3.05) is 4.90 Å². The number of amides is 3. The first-order chi connectivity index (χ1) is 14.6. The van der Waals surface area contributed by atoms with E-state index in [-0.39, 0.29) is 28.1 Å². The van der Waals surface area contributed by atoms with Gasteiger partial charge in [0.05, 0.1) is 27.7 Å². The molecule has 0 bridgehead atoms. The van der Waals surface area contributed by atoms with E-state index in [0.29, 0.717) is 0 Å². The fraction of sp³-hybridized carbons (Fsp3) is 0.348. The number of carbonyl (C=O) groups is 3. The lowest BCUT2D eigenvalue weighted by molar-refractivity contribution is -0.146. The predicted molar refractivity (Wildman–Crippen MR) is 118 cm³/mol.